The standard InChI is InChI=1S/C20H20N2O2/c23-20(24-15-16-7-2-1-3-8-16)22-13-5-4-9-17-10-6-11-19-18(17)12-14-21-19/h1-4,6-12,14,21H,5,13,15H2,(H,22,23). The predicted molar refractivity (Wildman–Crippen MR) is 96.6 cm³/mol. The summed E-state index contributed by atoms with van der Waals surface area (Å²) < 4.78 is 5.16. The van der Waals surface area contributed by atoms with Gasteiger partial charge in [-0.05, 0) is 29.7 Å². The van der Waals surface area contributed by atoms with E-state index in [9.17, 15) is 4.79 Å². The maximum absolute atomic E-state index is 11.6. The zero-order valence-corrected chi connectivity index (χ0v) is 13.4. The highest BCUT2D eigenvalue weighted by Crippen LogP contribution is 2.18. The molecule has 1 heterocycles. The molecule has 2 aromatic carbocycles. The molecule has 3 aromatic rings. The van der Waals surface area contributed by atoms with Crippen LogP contribution in [0.3, 0.4) is 0 Å². The topological polar surface area (TPSA) is 54.1 Å². The Balaban J connectivity index is 1.40. The van der Waals surface area contributed by atoms with Crippen molar-refractivity contribution in [2.45, 2.75) is 13.0 Å². The van der Waals surface area contributed by atoms with E-state index in [4.69, 9.17) is 4.74 Å². The number of hydrogen-bond acceptors (Lipinski definition) is 2. The Morgan fingerprint density at radius 1 is 1.08 bits per heavy atom. The van der Waals surface area contributed by atoms with E-state index in [1.54, 1.807) is 0 Å². The molecule has 122 valence electrons. The van der Waals surface area contributed by atoms with Crippen LogP contribution in [0.2, 0.25) is 0 Å². The minimum Gasteiger partial charge on any atom is -0.445 e. The van der Waals surface area contributed by atoms with Crippen molar-refractivity contribution in [3.05, 3.63) is 78.0 Å². The number of aromatic nitrogens is 1. The van der Waals surface area contributed by atoms with Gasteiger partial charge in [-0.3, -0.25) is 0 Å². The Morgan fingerprint density at radius 2 is 1.96 bits per heavy atom. The summed E-state index contributed by atoms with van der Waals surface area (Å²) in [5.41, 5.74) is 3.27. The highest BCUT2D eigenvalue weighted by molar-refractivity contribution is 5.88. The number of aromatic amines is 1. The highest BCUT2D eigenvalue weighted by atomic mass is 16.5. The molecule has 0 aliphatic heterocycles. The Hall–Kier alpha value is -3.01. The third-order valence-electron chi connectivity index (χ3n) is 3.72. The molecular weight excluding hydrogens is 300 g/mol. The van der Waals surface area contributed by atoms with Gasteiger partial charge in [0.1, 0.15) is 6.61 Å². The molecule has 0 radical (unpaired) electrons. The van der Waals surface area contributed by atoms with Crippen LogP contribution in [-0.2, 0) is 11.3 Å². The van der Waals surface area contributed by atoms with Crippen LogP contribution in [0, 0.1) is 0 Å². The average Bonchev–Trinajstić information content (AvgIpc) is 3.10. The minimum absolute atomic E-state index is 0.290. The van der Waals surface area contributed by atoms with Gasteiger partial charge < -0.3 is 15.0 Å². The van der Waals surface area contributed by atoms with Crippen molar-refractivity contribution in [1.82, 2.24) is 10.3 Å². The fraction of sp³-hybridized carbons (Fsp3) is 0.150. The normalized spacial score (nSPS) is 11.0. The largest absolute Gasteiger partial charge is 0.445 e. The van der Waals surface area contributed by atoms with Gasteiger partial charge in [0.15, 0.2) is 0 Å². The van der Waals surface area contributed by atoms with Gasteiger partial charge in [-0.1, -0.05) is 54.6 Å². The number of benzene rings is 2. The number of nitrogens with one attached hydrogen (secondary N) is 2. The Morgan fingerprint density at radius 3 is 2.83 bits per heavy atom. The quantitative estimate of drug-likeness (QED) is 0.657. The van der Waals surface area contributed by atoms with Crippen molar-refractivity contribution < 1.29 is 9.53 Å². The van der Waals surface area contributed by atoms with Crippen LogP contribution in [0.4, 0.5) is 4.79 Å². The maximum atomic E-state index is 11.6. The maximum Gasteiger partial charge on any atom is 0.407 e. The number of hydrogen-bond donors (Lipinski definition) is 2. The number of ether oxygens (including phenoxy) is 1. The van der Waals surface area contributed by atoms with Crippen LogP contribution in [0.1, 0.15) is 17.5 Å². The molecule has 0 fully saturated rings. The first-order chi connectivity index (χ1) is 11.8. The summed E-state index contributed by atoms with van der Waals surface area (Å²) >= 11 is 0. The van der Waals surface area contributed by atoms with Gasteiger partial charge in [0.25, 0.3) is 0 Å². The lowest BCUT2D eigenvalue weighted by atomic mass is 10.1. The zero-order chi connectivity index (χ0) is 16.6. The van der Waals surface area contributed by atoms with Gasteiger partial charge in [-0.25, -0.2) is 4.79 Å². The lowest BCUT2D eigenvalue weighted by Crippen LogP contribution is -2.24. The van der Waals surface area contributed by atoms with E-state index in [0.717, 1.165) is 17.5 Å². The fourth-order valence-electron chi connectivity index (χ4n) is 2.50. The molecule has 0 aliphatic carbocycles. The number of amides is 1. The van der Waals surface area contributed by atoms with Gasteiger partial charge >= 0.3 is 6.09 Å². The number of H-pyrrole nitrogens is 1. The van der Waals surface area contributed by atoms with E-state index in [2.05, 4.69) is 40.7 Å². The van der Waals surface area contributed by atoms with E-state index < -0.39 is 0 Å². The second kappa shape index (κ2) is 8.02. The summed E-state index contributed by atoms with van der Waals surface area (Å²) in [6.07, 6.45) is 6.43. The lowest BCUT2D eigenvalue weighted by molar-refractivity contribution is 0.140. The van der Waals surface area contributed by atoms with Crippen LogP contribution in [0.15, 0.2) is 66.9 Å². The van der Waals surface area contributed by atoms with Gasteiger partial charge in [-0.15, -0.1) is 0 Å². The van der Waals surface area contributed by atoms with E-state index in [1.807, 2.05) is 42.6 Å². The summed E-state index contributed by atoms with van der Waals surface area (Å²) in [5.74, 6) is 0. The van der Waals surface area contributed by atoms with Crippen LogP contribution in [-0.4, -0.2) is 17.6 Å². The van der Waals surface area contributed by atoms with Crippen LogP contribution in [0.5, 0.6) is 0 Å². The smallest absolute Gasteiger partial charge is 0.407 e. The summed E-state index contributed by atoms with van der Waals surface area (Å²) in [6.45, 7) is 0.839. The monoisotopic (exact) mass is 320 g/mol. The number of carbonyl (C=O) groups is 1. The summed E-state index contributed by atoms with van der Waals surface area (Å²) in [4.78, 5) is 14.8. The first-order valence-corrected chi connectivity index (χ1v) is 8.00. The summed E-state index contributed by atoms with van der Waals surface area (Å²) in [7, 11) is 0. The number of carbonyl (C=O) groups excluding carboxylic acids is 1. The SMILES string of the molecule is O=C(NCCC=Cc1cccc2[nH]ccc12)OCc1ccccc1. The molecule has 0 bridgehead atoms. The number of alkyl carbamates (subject to hydrolysis) is 1. The molecule has 0 spiro atoms. The van der Waals surface area contributed by atoms with Gasteiger partial charge in [0.05, 0.1) is 0 Å². The molecule has 0 saturated carbocycles. The highest BCUT2D eigenvalue weighted by Gasteiger charge is 2.01. The molecule has 1 amide bonds. The first-order valence-electron chi connectivity index (χ1n) is 8.00. The van der Waals surface area contributed by atoms with Crippen molar-refractivity contribution in [2.75, 3.05) is 6.54 Å². The van der Waals surface area contributed by atoms with E-state index in [1.165, 1.54) is 10.9 Å². The molecule has 4 nitrogen and oxygen atoms in total. The zero-order valence-electron chi connectivity index (χ0n) is 13.4. The summed E-state index contributed by atoms with van der Waals surface area (Å²) in [6, 6.07) is 17.9. The van der Waals surface area contributed by atoms with E-state index in [0.29, 0.717) is 6.54 Å². The molecular formula is C20H20N2O2. The molecule has 2 N–H and O–H groups in total. The lowest BCUT2D eigenvalue weighted by Gasteiger charge is -2.05. The fourth-order valence-corrected chi connectivity index (χ4v) is 2.50. The molecule has 0 saturated heterocycles. The summed E-state index contributed by atoms with van der Waals surface area (Å²) in [5, 5.41) is 3.95. The van der Waals surface area contributed by atoms with Gasteiger partial charge in [0.2, 0.25) is 0 Å². The van der Waals surface area contributed by atoms with Crippen LogP contribution < -0.4 is 5.32 Å². The molecule has 24 heavy (non-hydrogen) atoms. The minimum atomic E-state index is -0.389. The first kappa shape index (κ1) is 15.9. The molecule has 0 aliphatic rings. The second-order valence-corrected chi connectivity index (χ2v) is 5.47. The Bertz CT molecular complexity index is 822. The Labute approximate surface area is 141 Å². The average molecular weight is 320 g/mol. The van der Waals surface area contributed by atoms with Crippen molar-refractivity contribution in [1.29, 1.82) is 0 Å². The van der Waals surface area contributed by atoms with Crippen LogP contribution in [0.25, 0.3) is 17.0 Å². The second-order valence-electron chi connectivity index (χ2n) is 5.47. The molecule has 4 heteroatoms. The van der Waals surface area contributed by atoms with Crippen molar-refractivity contribution in [3.63, 3.8) is 0 Å². The van der Waals surface area contributed by atoms with Crippen molar-refractivity contribution >= 4 is 23.1 Å². The van der Waals surface area contributed by atoms with Crippen molar-refractivity contribution in [3.8, 4) is 0 Å². The third kappa shape index (κ3) is 4.26. The molecule has 3 rings (SSSR count). The van der Waals surface area contributed by atoms with Gasteiger partial charge in [0, 0.05) is 23.6 Å². The molecule has 1 aromatic heterocycles. The number of rotatable bonds is 6. The van der Waals surface area contributed by atoms with Crippen LogP contribution >= 0.6 is 0 Å². The van der Waals surface area contributed by atoms with Crippen molar-refractivity contribution in [2.24, 2.45) is 0 Å². The van der Waals surface area contributed by atoms with E-state index >= 15 is 0 Å². The van der Waals surface area contributed by atoms with Gasteiger partial charge in [-0.2, -0.15) is 0 Å². The Kier molecular flexibility index (Phi) is 5.30. The van der Waals surface area contributed by atoms with E-state index in [-0.39, 0.29) is 12.7 Å². The number of fused-ring (bicyclic) bond motifs is 1. The third-order valence-corrected chi connectivity index (χ3v) is 3.72. The molecule has 0 atom stereocenters. The predicted octanol–water partition coefficient (Wildman–Crippen LogP) is 4.50. The molecule has 0 unspecified atom stereocenters.